The van der Waals surface area contributed by atoms with Crippen molar-refractivity contribution in [1.82, 2.24) is 14.7 Å². The Bertz CT molecular complexity index is 513. The van der Waals surface area contributed by atoms with Crippen molar-refractivity contribution < 1.29 is 4.79 Å². The molecule has 0 saturated heterocycles. The van der Waals surface area contributed by atoms with Crippen molar-refractivity contribution in [2.45, 2.75) is 18.9 Å². The number of imidazole rings is 1. The molecule has 76 valence electrons. The molecule has 1 fully saturated rings. The molecule has 0 radical (unpaired) electrons. The van der Waals surface area contributed by atoms with Gasteiger partial charge in [0, 0.05) is 24.6 Å². The van der Waals surface area contributed by atoms with Crippen LogP contribution in [0.1, 0.15) is 23.2 Å². The fraction of sp³-hybridized carbons (Fsp3) is 0.273. The van der Waals surface area contributed by atoms with Crippen molar-refractivity contribution in [3.63, 3.8) is 0 Å². The van der Waals surface area contributed by atoms with E-state index in [9.17, 15) is 4.79 Å². The van der Waals surface area contributed by atoms with Gasteiger partial charge in [0.05, 0.1) is 5.56 Å². The first kappa shape index (κ1) is 8.47. The topological polar surface area (TPSA) is 46.4 Å². The zero-order valence-electron chi connectivity index (χ0n) is 8.18. The minimum atomic E-state index is -0.0192. The number of carbonyl (C=O) groups is 1. The van der Waals surface area contributed by atoms with Crippen molar-refractivity contribution >= 4 is 11.6 Å². The predicted octanol–water partition coefficient (Wildman–Crippen LogP) is 1.23. The van der Waals surface area contributed by atoms with Crippen LogP contribution in [0.25, 0.3) is 5.65 Å². The summed E-state index contributed by atoms with van der Waals surface area (Å²) in [6, 6.07) is 4.05. The van der Waals surface area contributed by atoms with E-state index in [2.05, 4.69) is 10.3 Å². The number of nitrogens with zero attached hydrogens (tertiary/aromatic N) is 2. The molecule has 0 bridgehead atoms. The highest BCUT2D eigenvalue weighted by Crippen LogP contribution is 2.20. The first-order valence-corrected chi connectivity index (χ1v) is 5.07. The Balaban J connectivity index is 2.01. The highest BCUT2D eigenvalue weighted by molar-refractivity contribution is 6.00. The zero-order valence-corrected chi connectivity index (χ0v) is 8.18. The van der Waals surface area contributed by atoms with Gasteiger partial charge in [-0.05, 0) is 25.0 Å². The zero-order chi connectivity index (χ0) is 10.3. The van der Waals surface area contributed by atoms with E-state index < -0.39 is 0 Å². The maximum atomic E-state index is 11.8. The fourth-order valence-electron chi connectivity index (χ4n) is 1.62. The maximum absolute atomic E-state index is 11.8. The highest BCUT2D eigenvalue weighted by atomic mass is 16.1. The summed E-state index contributed by atoms with van der Waals surface area (Å²) in [6.07, 6.45) is 7.62. The monoisotopic (exact) mass is 201 g/mol. The van der Waals surface area contributed by atoms with Gasteiger partial charge in [0.2, 0.25) is 0 Å². The van der Waals surface area contributed by atoms with E-state index in [4.69, 9.17) is 0 Å². The lowest BCUT2D eigenvalue weighted by molar-refractivity contribution is 0.0952. The Labute approximate surface area is 86.9 Å². The average Bonchev–Trinajstić information content (AvgIpc) is 2.93. The lowest BCUT2D eigenvalue weighted by Crippen LogP contribution is -2.25. The molecule has 4 nitrogen and oxygen atoms in total. The van der Waals surface area contributed by atoms with E-state index in [1.54, 1.807) is 12.3 Å². The average molecular weight is 201 g/mol. The molecule has 2 aromatic heterocycles. The first-order chi connectivity index (χ1) is 7.34. The van der Waals surface area contributed by atoms with E-state index in [0.29, 0.717) is 11.6 Å². The summed E-state index contributed by atoms with van der Waals surface area (Å²) in [7, 11) is 0. The van der Waals surface area contributed by atoms with Crippen LogP contribution in [-0.4, -0.2) is 21.3 Å². The lowest BCUT2D eigenvalue weighted by Gasteiger charge is -2.04. The molecule has 2 aromatic rings. The molecule has 1 aliphatic rings. The molecule has 4 heteroatoms. The Morgan fingerprint density at radius 2 is 2.33 bits per heavy atom. The van der Waals surface area contributed by atoms with Gasteiger partial charge >= 0.3 is 0 Å². The Morgan fingerprint density at radius 1 is 1.47 bits per heavy atom. The summed E-state index contributed by atoms with van der Waals surface area (Å²) in [6.45, 7) is 0. The quantitative estimate of drug-likeness (QED) is 0.794. The Morgan fingerprint density at radius 3 is 3.13 bits per heavy atom. The molecule has 0 atom stereocenters. The smallest absolute Gasteiger partial charge is 0.255 e. The van der Waals surface area contributed by atoms with Crippen molar-refractivity contribution in [3.8, 4) is 0 Å². The van der Waals surface area contributed by atoms with Gasteiger partial charge in [-0.15, -0.1) is 0 Å². The predicted molar refractivity (Wildman–Crippen MR) is 55.7 cm³/mol. The van der Waals surface area contributed by atoms with Gasteiger partial charge in [-0.3, -0.25) is 4.79 Å². The highest BCUT2D eigenvalue weighted by Gasteiger charge is 2.24. The minimum absolute atomic E-state index is 0.0192. The molecular formula is C11H11N3O. The molecular weight excluding hydrogens is 190 g/mol. The molecule has 0 spiro atoms. The van der Waals surface area contributed by atoms with Crippen LogP contribution in [0.2, 0.25) is 0 Å². The van der Waals surface area contributed by atoms with E-state index in [-0.39, 0.29) is 5.91 Å². The molecule has 1 amide bonds. The third-order valence-corrected chi connectivity index (χ3v) is 2.58. The summed E-state index contributed by atoms with van der Waals surface area (Å²) < 4.78 is 1.85. The summed E-state index contributed by atoms with van der Waals surface area (Å²) in [5.41, 5.74) is 1.37. The second-order valence-corrected chi connectivity index (χ2v) is 3.83. The molecule has 3 rings (SSSR count). The number of rotatable bonds is 2. The number of carbonyl (C=O) groups excluding carboxylic acids is 1. The van der Waals surface area contributed by atoms with Gasteiger partial charge in [-0.25, -0.2) is 4.98 Å². The SMILES string of the molecule is O=C(NC1CC1)c1cccn2ccnc12. The molecule has 1 saturated carbocycles. The second kappa shape index (κ2) is 3.08. The number of hydrogen-bond acceptors (Lipinski definition) is 2. The number of fused-ring (bicyclic) bond motifs is 1. The number of aromatic nitrogens is 2. The number of nitrogens with one attached hydrogen (secondary N) is 1. The molecule has 15 heavy (non-hydrogen) atoms. The van der Waals surface area contributed by atoms with Crippen LogP contribution in [0.5, 0.6) is 0 Å². The van der Waals surface area contributed by atoms with E-state index in [0.717, 1.165) is 18.5 Å². The van der Waals surface area contributed by atoms with Crippen LogP contribution in [0.3, 0.4) is 0 Å². The number of hydrogen-bond donors (Lipinski definition) is 1. The molecule has 1 aliphatic carbocycles. The standard InChI is InChI=1S/C11H11N3O/c15-11(13-8-3-4-8)9-2-1-6-14-7-5-12-10(9)14/h1-2,5-8H,3-4H2,(H,13,15). The van der Waals surface area contributed by atoms with Gasteiger partial charge in [-0.1, -0.05) is 0 Å². The minimum Gasteiger partial charge on any atom is -0.349 e. The van der Waals surface area contributed by atoms with Crippen molar-refractivity contribution in [2.75, 3.05) is 0 Å². The number of pyridine rings is 1. The molecule has 1 N–H and O–H groups in total. The van der Waals surface area contributed by atoms with Gasteiger partial charge in [0.25, 0.3) is 5.91 Å². The fourth-order valence-corrected chi connectivity index (χ4v) is 1.62. The van der Waals surface area contributed by atoms with Gasteiger partial charge in [-0.2, -0.15) is 0 Å². The van der Waals surface area contributed by atoms with Crippen LogP contribution in [0, 0.1) is 0 Å². The Hall–Kier alpha value is -1.84. The van der Waals surface area contributed by atoms with E-state index in [1.165, 1.54) is 0 Å². The first-order valence-electron chi connectivity index (χ1n) is 5.07. The molecule has 2 heterocycles. The number of amides is 1. The maximum Gasteiger partial charge on any atom is 0.255 e. The van der Waals surface area contributed by atoms with Crippen LogP contribution in [0.15, 0.2) is 30.7 Å². The lowest BCUT2D eigenvalue weighted by atomic mass is 10.2. The summed E-state index contributed by atoms with van der Waals surface area (Å²) in [5, 5.41) is 2.96. The largest absolute Gasteiger partial charge is 0.349 e. The van der Waals surface area contributed by atoms with Crippen molar-refractivity contribution in [3.05, 3.63) is 36.3 Å². The second-order valence-electron chi connectivity index (χ2n) is 3.83. The molecule has 0 aliphatic heterocycles. The van der Waals surface area contributed by atoms with E-state index >= 15 is 0 Å². The van der Waals surface area contributed by atoms with Crippen molar-refractivity contribution in [2.24, 2.45) is 0 Å². The Kier molecular flexibility index (Phi) is 1.74. The van der Waals surface area contributed by atoms with Crippen LogP contribution in [0.4, 0.5) is 0 Å². The van der Waals surface area contributed by atoms with Crippen LogP contribution < -0.4 is 5.32 Å². The third kappa shape index (κ3) is 1.48. The van der Waals surface area contributed by atoms with E-state index in [1.807, 2.05) is 22.9 Å². The van der Waals surface area contributed by atoms with Crippen LogP contribution in [-0.2, 0) is 0 Å². The van der Waals surface area contributed by atoms with Gasteiger partial charge in [0.15, 0.2) is 0 Å². The van der Waals surface area contributed by atoms with Gasteiger partial charge in [0.1, 0.15) is 5.65 Å². The summed E-state index contributed by atoms with van der Waals surface area (Å²) in [4.78, 5) is 16.0. The molecule has 0 aromatic carbocycles. The third-order valence-electron chi connectivity index (χ3n) is 2.58. The summed E-state index contributed by atoms with van der Waals surface area (Å²) in [5.74, 6) is -0.0192. The summed E-state index contributed by atoms with van der Waals surface area (Å²) >= 11 is 0. The normalized spacial score (nSPS) is 15.5. The molecule has 0 unspecified atom stereocenters. The van der Waals surface area contributed by atoms with Crippen molar-refractivity contribution in [1.29, 1.82) is 0 Å². The van der Waals surface area contributed by atoms with Gasteiger partial charge < -0.3 is 9.72 Å². The van der Waals surface area contributed by atoms with Crippen LogP contribution >= 0.6 is 0 Å².